The maximum absolute atomic E-state index is 12.7. The van der Waals surface area contributed by atoms with Crippen LogP contribution in [0.15, 0.2) is 24.3 Å². The molecule has 0 bridgehead atoms. The van der Waals surface area contributed by atoms with Crippen molar-refractivity contribution < 1.29 is 19.4 Å². The van der Waals surface area contributed by atoms with Gasteiger partial charge in [0.25, 0.3) is 0 Å². The lowest BCUT2D eigenvalue weighted by molar-refractivity contribution is -0.195. The Balaban J connectivity index is 2.11. The fourth-order valence-electron chi connectivity index (χ4n) is 3.46. The predicted molar refractivity (Wildman–Crippen MR) is 96.6 cm³/mol. The van der Waals surface area contributed by atoms with Crippen LogP contribution in [0.2, 0.25) is 5.02 Å². The molecule has 0 aliphatic heterocycles. The van der Waals surface area contributed by atoms with Crippen molar-refractivity contribution in [1.82, 2.24) is 5.32 Å². The van der Waals surface area contributed by atoms with Crippen molar-refractivity contribution in [2.45, 2.75) is 52.2 Å². The maximum Gasteiger partial charge on any atom is 0.330 e. The summed E-state index contributed by atoms with van der Waals surface area (Å²) >= 11 is 6.15. The number of carboxylic acids is 1. The summed E-state index contributed by atoms with van der Waals surface area (Å²) in [5, 5.41) is 13.2. The van der Waals surface area contributed by atoms with Crippen LogP contribution in [0.4, 0.5) is 0 Å². The predicted octanol–water partition coefficient (Wildman–Crippen LogP) is 3.29. The molecule has 138 valence electrons. The van der Waals surface area contributed by atoms with Crippen LogP contribution in [-0.4, -0.2) is 35.2 Å². The van der Waals surface area contributed by atoms with Crippen LogP contribution in [0.25, 0.3) is 0 Å². The number of benzene rings is 1. The molecule has 1 aromatic carbocycles. The average molecular weight is 368 g/mol. The zero-order valence-electron chi connectivity index (χ0n) is 15.1. The van der Waals surface area contributed by atoms with Gasteiger partial charge in [-0.1, -0.05) is 50.6 Å². The van der Waals surface area contributed by atoms with E-state index in [0.717, 1.165) is 5.56 Å². The van der Waals surface area contributed by atoms with Crippen molar-refractivity contribution in [2.75, 3.05) is 6.61 Å². The molecule has 2 rings (SSSR count). The summed E-state index contributed by atoms with van der Waals surface area (Å²) in [5.41, 5.74) is -1.12. The highest BCUT2D eigenvalue weighted by atomic mass is 35.5. The first-order valence-electron chi connectivity index (χ1n) is 8.56. The second-order valence-electron chi connectivity index (χ2n) is 7.27. The first-order valence-corrected chi connectivity index (χ1v) is 8.94. The molecule has 0 radical (unpaired) electrons. The van der Waals surface area contributed by atoms with Gasteiger partial charge in [-0.15, -0.1) is 0 Å². The standard InChI is InChI=1S/C19H26ClNO4/c1-5-25-15-11-19(17(23)24,18(15,3)4)21-16(22)12(2)10-13-8-6-7-9-14(13)20/h6-9,12,15H,5,10-11H2,1-4H3,(H,21,22)(H,23,24). The number of aliphatic carboxylic acids is 1. The summed E-state index contributed by atoms with van der Waals surface area (Å²) in [4.78, 5) is 24.6. The second kappa shape index (κ2) is 7.34. The summed E-state index contributed by atoms with van der Waals surface area (Å²) in [6.07, 6.45) is 0.539. The zero-order valence-corrected chi connectivity index (χ0v) is 15.9. The molecule has 1 amide bonds. The van der Waals surface area contributed by atoms with Crippen molar-refractivity contribution in [2.24, 2.45) is 11.3 Å². The van der Waals surface area contributed by atoms with Gasteiger partial charge in [-0.25, -0.2) is 4.79 Å². The van der Waals surface area contributed by atoms with Gasteiger partial charge >= 0.3 is 5.97 Å². The van der Waals surface area contributed by atoms with Gasteiger partial charge in [0.2, 0.25) is 5.91 Å². The molecule has 1 saturated carbocycles. The largest absolute Gasteiger partial charge is 0.479 e. The fraction of sp³-hybridized carbons (Fsp3) is 0.579. The van der Waals surface area contributed by atoms with E-state index >= 15 is 0 Å². The molecule has 25 heavy (non-hydrogen) atoms. The number of carbonyl (C=O) groups is 2. The Bertz CT molecular complexity index is 661. The van der Waals surface area contributed by atoms with E-state index in [4.69, 9.17) is 16.3 Å². The van der Waals surface area contributed by atoms with Gasteiger partial charge in [-0.2, -0.15) is 0 Å². The van der Waals surface area contributed by atoms with Crippen molar-refractivity contribution in [3.8, 4) is 0 Å². The smallest absolute Gasteiger partial charge is 0.330 e. The van der Waals surface area contributed by atoms with Crippen molar-refractivity contribution >= 4 is 23.5 Å². The molecule has 0 aromatic heterocycles. The molecule has 5 nitrogen and oxygen atoms in total. The lowest BCUT2D eigenvalue weighted by atomic mass is 9.54. The first-order chi connectivity index (χ1) is 11.7. The molecule has 1 aromatic rings. The third-order valence-corrected chi connectivity index (χ3v) is 5.77. The Hall–Kier alpha value is -1.59. The van der Waals surface area contributed by atoms with Crippen molar-refractivity contribution in [3.63, 3.8) is 0 Å². The van der Waals surface area contributed by atoms with Gasteiger partial charge in [0.15, 0.2) is 0 Å². The second-order valence-corrected chi connectivity index (χ2v) is 7.67. The Morgan fingerprint density at radius 1 is 1.40 bits per heavy atom. The van der Waals surface area contributed by atoms with Crippen LogP contribution in [0, 0.1) is 11.3 Å². The molecule has 0 saturated heterocycles. The van der Waals surface area contributed by atoms with Gasteiger partial charge < -0.3 is 15.2 Å². The number of ether oxygens (including phenoxy) is 1. The number of amides is 1. The Labute approximate surface area is 153 Å². The van der Waals surface area contributed by atoms with Crippen LogP contribution < -0.4 is 5.32 Å². The minimum atomic E-state index is -1.31. The minimum absolute atomic E-state index is 0.187. The maximum atomic E-state index is 12.7. The van der Waals surface area contributed by atoms with Gasteiger partial charge in [0, 0.05) is 29.4 Å². The Morgan fingerprint density at radius 3 is 2.56 bits per heavy atom. The highest BCUT2D eigenvalue weighted by Crippen LogP contribution is 2.51. The van der Waals surface area contributed by atoms with E-state index in [2.05, 4.69) is 5.32 Å². The number of carbonyl (C=O) groups excluding carboxylic acids is 1. The van der Waals surface area contributed by atoms with Gasteiger partial charge in [-0.05, 0) is 25.0 Å². The number of nitrogens with one attached hydrogen (secondary N) is 1. The summed E-state index contributed by atoms with van der Waals surface area (Å²) in [5.74, 6) is -1.70. The molecular weight excluding hydrogens is 342 g/mol. The number of hydrogen-bond acceptors (Lipinski definition) is 3. The highest BCUT2D eigenvalue weighted by Gasteiger charge is 2.66. The van der Waals surface area contributed by atoms with Crippen LogP contribution in [0.3, 0.4) is 0 Å². The molecular formula is C19H26ClNO4. The number of hydrogen-bond donors (Lipinski definition) is 2. The van der Waals surface area contributed by atoms with E-state index in [1.54, 1.807) is 13.0 Å². The summed E-state index contributed by atoms with van der Waals surface area (Å²) in [6.45, 7) is 7.82. The molecule has 0 heterocycles. The molecule has 3 atom stereocenters. The SMILES string of the molecule is CCOC1CC(NC(=O)C(C)Cc2ccccc2Cl)(C(=O)O)C1(C)C. The Morgan fingerprint density at radius 2 is 2.04 bits per heavy atom. The number of carboxylic acid groups (broad SMARTS) is 1. The molecule has 1 aliphatic rings. The van der Waals surface area contributed by atoms with Crippen molar-refractivity contribution in [1.29, 1.82) is 0 Å². The fourth-order valence-corrected chi connectivity index (χ4v) is 3.67. The number of halogens is 1. The van der Waals surface area contributed by atoms with E-state index < -0.39 is 22.8 Å². The third kappa shape index (κ3) is 3.53. The molecule has 2 N–H and O–H groups in total. The van der Waals surface area contributed by atoms with Gasteiger partial charge in [-0.3, -0.25) is 4.79 Å². The molecule has 3 unspecified atom stereocenters. The minimum Gasteiger partial charge on any atom is -0.479 e. The van der Waals surface area contributed by atoms with Crippen LogP contribution >= 0.6 is 11.6 Å². The van der Waals surface area contributed by atoms with E-state index in [0.29, 0.717) is 18.1 Å². The van der Waals surface area contributed by atoms with Gasteiger partial charge in [0.1, 0.15) is 5.54 Å². The third-order valence-electron chi connectivity index (χ3n) is 5.40. The van der Waals surface area contributed by atoms with Crippen LogP contribution in [-0.2, 0) is 20.7 Å². The van der Waals surface area contributed by atoms with Crippen LogP contribution in [0.1, 0.15) is 39.7 Å². The normalized spacial score (nSPS) is 25.7. The molecule has 1 aliphatic carbocycles. The average Bonchev–Trinajstić information content (AvgIpc) is 2.55. The lowest BCUT2D eigenvalue weighted by Crippen LogP contribution is -2.76. The highest BCUT2D eigenvalue weighted by molar-refractivity contribution is 6.31. The quantitative estimate of drug-likeness (QED) is 0.775. The Kier molecular flexibility index (Phi) is 5.79. The van der Waals surface area contributed by atoms with Gasteiger partial charge in [0.05, 0.1) is 6.10 Å². The summed E-state index contributed by atoms with van der Waals surface area (Å²) < 4.78 is 5.62. The topological polar surface area (TPSA) is 75.6 Å². The van der Waals surface area contributed by atoms with Crippen molar-refractivity contribution in [3.05, 3.63) is 34.9 Å². The summed E-state index contributed by atoms with van der Waals surface area (Å²) in [7, 11) is 0. The molecule has 1 fully saturated rings. The summed E-state index contributed by atoms with van der Waals surface area (Å²) in [6, 6.07) is 7.35. The van der Waals surface area contributed by atoms with E-state index in [1.807, 2.05) is 39.0 Å². The monoisotopic (exact) mass is 367 g/mol. The van der Waals surface area contributed by atoms with E-state index in [1.165, 1.54) is 0 Å². The van der Waals surface area contributed by atoms with E-state index in [9.17, 15) is 14.7 Å². The van der Waals surface area contributed by atoms with Crippen LogP contribution in [0.5, 0.6) is 0 Å². The molecule has 0 spiro atoms. The zero-order chi connectivity index (χ0) is 18.8. The molecule has 6 heteroatoms. The van der Waals surface area contributed by atoms with E-state index in [-0.39, 0.29) is 18.4 Å². The first kappa shape index (κ1) is 19.7. The lowest BCUT2D eigenvalue weighted by Gasteiger charge is -2.58. The number of rotatable bonds is 7.